The normalized spacial score (nSPS) is 14.4. The van der Waals surface area contributed by atoms with Gasteiger partial charge in [-0.3, -0.25) is 4.98 Å². The van der Waals surface area contributed by atoms with Crippen LogP contribution in [0.3, 0.4) is 0 Å². The molecular formula is C29H33N3O2. The van der Waals surface area contributed by atoms with E-state index in [1.165, 1.54) is 43.3 Å². The molecule has 4 aromatic rings. The first-order valence-corrected chi connectivity index (χ1v) is 12.2. The van der Waals surface area contributed by atoms with Crippen molar-refractivity contribution < 1.29 is 9.47 Å². The minimum absolute atomic E-state index is 0.845. The maximum absolute atomic E-state index is 5.77. The summed E-state index contributed by atoms with van der Waals surface area (Å²) in [6.07, 6.45) is 11.3. The largest absolute Gasteiger partial charge is 0.497 e. The van der Waals surface area contributed by atoms with Gasteiger partial charge in [-0.1, -0.05) is 30.7 Å². The molecule has 0 atom stereocenters. The minimum Gasteiger partial charge on any atom is -0.497 e. The Morgan fingerprint density at radius 1 is 0.824 bits per heavy atom. The molecule has 5 nitrogen and oxygen atoms in total. The van der Waals surface area contributed by atoms with Crippen LogP contribution in [0.15, 0.2) is 67.1 Å². The molecule has 0 amide bonds. The Bertz CT molecular complexity index is 1260. The summed E-state index contributed by atoms with van der Waals surface area (Å²) in [4.78, 5) is 7.19. The number of aryl methyl sites for hydroxylation is 1. The molecule has 0 bridgehead atoms. The third kappa shape index (κ3) is 4.66. The van der Waals surface area contributed by atoms with Gasteiger partial charge in [-0.2, -0.15) is 0 Å². The molecule has 0 unspecified atom stereocenters. The van der Waals surface area contributed by atoms with Crippen LogP contribution in [0.2, 0.25) is 0 Å². The Morgan fingerprint density at radius 3 is 2.47 bits per heavy atom. The average Bonchev–Trinajstić information content (AvgIpc) is 3.28. The van der Waals surface area contributed by atoms with Gasteiger partial charge in [-0.05, 0) is 68.7 Å². The number of benzene rings is 2. The smallest absolute Gasteiger partial charge is 0.143 e. The van der Waals surface area contributed by atoms with Crippen LogP contribution < -0.4 is 9.47 Å². The van der Waals surface area contributed by atoms with Crippen LogP contribution in [0, 0.1) is 0 Å². The zero-order valence-corrected chi connectivity index (χ0v) is 20.2. The van der Waals surface area contributed by atoms with E-state index in [1.54, 1.807) is 14.2 Å². The first-order chi connectivity index (χ1) is 16.8. The molecule has 1 aliphatic rings. The molecule has 1 fully saturated rings. The van der Waals surface area contributed by atoms with E-state index in [1.807, 2.05) is 30.6 Å². The zero-order valence-electron chi connectivity index (χ0n) is 20.2. The van der Waals surface area contributed by atoms with Gasteiger partial charge in [0.25, 0.3) is 0 Å². The van der Waals surface area contributed by atoms with Gasteiger partial charge in [0.05, 0.1) is 19.7 Å². The molecule has 1 aliphatic heterocycles. The fourth-order valence-electron chi connectivity index (χ4n) is 5.09. The Kier molecular flexibility index (Phi) is 6.82. The second kappa shape index (κ2) is 10.3. The number of aromatic nitrogens is 2. The molecule has 1 saturated heterocycles. The van der Waals surface area contributed by atoms with E-state index in [9.17, 15) is 0 Å². The quantitative estimate of drug-likeness (QED) is 0.314. The summed E-state index contributed by atoms with van der Waals surface area (Å²) in [6, 6.07) is 16.6. The summed E-state index contributed by atoms with van der Waals surface area (Å²) in [5.74, 6) is 1.76. The highest BCUT2D eigenvalue weighted by molar-refractivity contribution is 5.99. The van der Waals surface area contributed by atoms with Crippen molar-refractivity contribution in [2.24, 2.45) is 0 Å². The molecule has 0 aliphatic carbocycles. The number of methoxy groups -OCH3 is 2. The van der Waals surface area contributed by atoms with E-state index < -0.39 is 0 Å². The lowest BCUT2D eigenvalue weighted by Gasteiger charge is -2.26. The highest BCUT2D eigenvalue weighted by Crippen LogP contribution is 2.37. The molecule has 0 radical (unpaired) electrons. The Hall–Kier alpha value is -3.31. The van der Waals surface area contributed by atoms with Crippen molar-refractivity contribution >= 4 is 10.9 Å². The average molecular weight is 456 g/mol. The molecular weight excluding hydrogens is 422 g/mol. The number of hydrogen-bond acceptors (Lipinski definition) is 4. The fraction of sp³-hybridized carbons (Fsp3) is 0.345. The van der Waals surface area contributed by atoms with E-state index in [0.29, 0.717) is 0 Å². The molecule has 5 rings (SSSR count). The minimum atomic E-state index is 0.845. The van der Waals surface area contributed by atoms with Gasteiger partial charge < -0.3 is 18.9 Å². The van der Waals surface area contributed by atoms with Crippen LogP contribution in [-0.4, -0.2) is 48.3 Å². The van der Waals surface area contributed by atoms with E-state index >= 15 is 0 Å². The van der Waals surface area contributed by atoms with Crippen molar-refractivity contribution in [1.29, 1.82) is 0 Å². The third-order valence-electron chi connectivity index (χ3n) is 6.86. The summed E-state index contributed by atoms with van der Waals surface area (Å²) in [5, 5.41) is 1.20. The molecule has 2 aromatic heterocycles. The van der Waals surface area contributed by atoms with E-state index in [2.05, 4.69) is 51.0 Å². The van der Waals surface area contributed by atoms with Gasteiger partial charge >= 0.3 is 0 Å². The number of nitrogens with zero attached hydrogens (tertiary/aromatic N) is 3. The summed E-state index contributed by atoms with van der Waals surface area (Å²) in [6.45, 7) is 4.60. The number of ether oxygens (including phenoxy) is 2. The van der Waals surface area contributed by atoms with Crippen LogP contribution in [0.1, 0.15) is 25.7 Å². The third-order valence-corrected chi connectivity index (χ3v) is 6.86. The first kappa shape index (κ1) is 22.5. The molecule has 2 aromatic carbocycles. The Morgan fingerprint density at radius 2 is 1.65 bits per heavy atom. The van der Waals surface area contributed by atoms with Gasteiger partial charge in [0, 0.05) is 47.2 Å². The van der Waals surface area contributed by atoms with Gasteiger partial charge in [0.2, 0.25) is 0 Å². The number of hydrogen-bond donors (Lipinski definition) is 0. The zero-order chi connectivity index (χ0) is 23.3. The topological polar surface area (TPSA) is 39.5 Å². The van der Waals surface area contributed by atoms with Gasteiger partial charge in [-0.25, -0.2) is 0 Å². The highest BCUT2D eigenvalue weighted by Gasteiger charge is 2.16. The van der Waals surface area contributed by atoms with Gasteiger partial charge in [-0.15, -0.1) is 0 Å². The molecule has 34 heavy (non-hydrogen) atoms. The highest BCUT2D eigenvalue weighted by atomic mass is 16.5. The number of rotatable bonds is 8. The molecule has 176 valence electrons. The predicted molar refractivity (Wildman–Crippen MR) is 139 cm³/mol. The molecule has 0 spiro atoms. The van der Waals surface area contributed by atoms with Crippen molar-refractivity contribution in [2.75, 3.05) is 33.9 Å². The van der Waals surface area contributed by atoms with E-state index in [4.69, 9.17) is 9.47 Å². The lowest BCUT2D eigenvalue weighted by atomic mass is 10.0. The monoisotopic (exact) mass is 455 g/mol. The van der Waals surface area contributed by atoms with Crippen LogP contribution >= 0.6 is 0 Å². The summed E-state index contributed by atoms with van der Waals surface area (Å²) in [7, 11) is 3.45. The maximum atomic E-state index is 5.77. The molecule has 0 N–H and O–H groups in total. The van der Waals surface area contributed by atoms with Crippen LogP contribution in [0.5, 0.6) is 11.5 Å². The second-order valence-corrected chi connectivity index (χ2v) is 9.04. The van der Waals surface area contributed by atoms with Gasteiger partial charge in [0.1, 0.15) is 11.5 Å². The standard InChI is InChI=1S/C29H33N3O2/c1-33-25-10-6-9-22(18-25)23-17-24(20-30-19-23)27-21-32(16-8-15-31-13-4-3-5-14-31)29-26(27)11-7-12-28(29)34-2/h6-7,9-12,17-21H,3-5,8,13-16H2,1-2H3. The fourth-order valence-corrected chi connectivity index (χ4v) is 5.09. The van der Waals surface area contributed by atoms with Crippen molar-refractivity contribution in [3.8, 4) is 33.8 Å². The number of piperidine rings is 1. The molecule has 0 saturated carbocycles. The van der Waals surface area contributed by atoms with Crippen LogP contribution in [-0.2, 0) is 6.54 Å². The van der Waals surface area contributed by atoms with Crippen molar-refractivity contribution in [3.05, 3.63) is 67.1 Å². The molecule has 5 heteroatoms. The van der Waals surface area contributed by atoms with Crippen molar-refractivity contribution in [3.63, 3.8) is 0 Å². The lowest BCUT2D eigenvalue weighted by molar-refractivity contribution is 0.223. The SMILES string of the molecule is COc1cccc(-c2cncc(-c3cn(CCCN4CCCCC4)c4c(OC)cccc34)c2)c1. The Balaban J connectivity index is 1.48. The summed E-state index contributed by atoms with van der Waals surface area (Å²) in [5.41, 5.74) is 5.62. The molecule has 3 heterocycles. The van der Waals surface area contributed by atoms with E-state index in [0.717, 1.165) is 53.2 Å². The number of likely N-dealkylation sites (tertiary alicyclic amines) is 1. The van der Waals surface area contributed by atoms with Crippen molar-refractivity contribution in [2.45, 2.75) is 32.2 Å². The summed E-state index contributed by atoms with van der Waals surface area (Å²) >= 11 is 0. The van der Waals surface area contributed by atoms with Gasteiger partial charge in [0.15, 0.2) is 0 Å². The number of fused-ring (bicyclic) bond motifs is 1. The predicted octanol–water partition coefficient (Wildman–Crippen LogP) is 6.26. The first-order valence-electron chi connectivity index (χ1n) is 12.2. The second-order valence-electron chi connectivity index (χ2n) is 9.04. The van der Waals surface area contributed by atoms with Crippen LogP contribution in [0.4, 0.5) is 0 Å². The number of pyridine rings is 1. The van der Waals surface area contributed by atoms with Crippen molar-refractivity contribution in [1.82, 2.24) is 14.5 Å². The summed E-state index contributed by atoms with van der Waals surface area (Å²) < 4.78 is 13.6. The number of para-hydroxylation sites is 1. The Labute approximate surface area is 201 Å². The lowest BCUT2D eigenvalue weighted by Crippen LogP contribution is -2.31. The van der Waals surface area contributed by atoms with Crippen LogP contribution in [0.25, 0.3) is 33.2 Å². The maximum Gasteiger partial charge on any atom is 0.143 e. The van der Waals surface area contributed by atoms with E-state index in [-0.39, 0.29) is 0 Å².